The largest absolute Gasteiger partial charge is 0.272 e. The van der Waals surface area contributed by atoms with Crippen LogP contribution in [0.2, 0.25) is 0 Å². The molecule has 0 spiro atoms. The molecule has 0 atom stereocenters. The molecule has 0 aliphatic rings. The fraction of sp³-hybridized carbons (Fsp3) is 0.111. The number of nitro benzene ring substituents is 1. The van der Waals surface area contributed by atoms with Gasteiger partial charge in [-0.25, -0.2) is 12.4 Å². The topological polar surface area (TPSA) is 82.2 Å². The van der Waals surface area contributed by atoms with Crippen molar-refractivity contribution in [3.05, 3.63) is 93.8 Å². The Kier molecular flexibility index (Phi) is 4.41. The minimum Gasteiger partial charge on any atom is -0.258 e. The first kappa shape index (κ1) is 16.9. The van der Waals surface area contributed by atoms with Crippen LogP contribution >= 0.6 is 0 Å². The Morgan fingerprint density at radius 1 is 1.00 bits per heavy atom. The molecule has 1 aromatic heterocycles. The molecule has 0 saturated carbocycles. The predicted octanol–water partition coefficient (Wildman–Crippen LogP) is 3.53. The normalized spacial score (nSPS) is 11.4. The van der Waals surface area contributed by atoms with E-state index in [4.69, 9.17) is 0 Å². The number of para-hydroxylation sites is 1. The third-order valence-corrected chi connectivity index (χ3v) is 5.67. The first-order chi connectivity index (χ1) is 11.9. The van der Waals surface area contributed by atoms with Crippen molar-refractivity contribution in [1.82, 2.24) is 3.97 Å². The number of aryl methyl sites for hydroxylation is 1. The minimum atomic E-state index is -3.75. The van der Waals surface area contributed by atoms with Gasteiger partial charge in [-0.3, -0.25) is 10.1 Å². The molecule has 1 heterocycles. The van der Waals surface area contributed by atoms with E-state index in [1.54, 1.807) is 54.6 Å². The van der Waals surface area contributed by atoms with Crippen LogP contribution in [0.1, 0.15) is 16.8 Å². The predicted molar refractivity (Wildman–Crippen MR) is 94.1 cm³/mol. The zero-order valence-corrected chi connectivity index (χ0v) is 14.3. The molecule has 0 saturated heterocycles. The Labute approximate surface area is 145 Å². The Morgan fingerprint density at radius 3 is 2.36 bits per heavy atom. The van der Waals surface area contributed by atoms with E-state index in [-0.39, 0.29) is 17.0 Å². The molecule has 0 aliphatic heterocycles. The first-order valence-corrected chi connectivity index (χ1v) is 9.04. The monoisotopic (exact) mass is 356 g/mol. The van der Waals surface area contributed by atoms with Gasteiger partial charge in [-0.15, -0.1) is 0 Å². The van der Waals surface area contributed by atoms with Gasteiger partial charge in [0.05, 0.1) is 9.82 Å². The van der Waals surface area contributed by atoms with Crippen LogP contribution in [-0.4, -0.2) is 17.3 Å². The van der Waals surface area contributed by atoms with Crippen LogP contribution in [0, 0.1) is 17.0 Å². The summed E-state index contributed by atoms with van der Waals surface area (Å²) in [6.07, 6.45) is 1.61. The Hall–Kier alpha value is -2.93. The third-order valence-electron chi connectivity index (χ3n) is 3.93. The number of nitro groups is 1. The van der Waals surface area contributed by atoms with Gasteiger partial charge in [0.15, 0.2) is 0 Å². The first-order valence-electron chi connectivity index (χ1n) is 7.60. The highest BCUT2D eigenvalue weighted by atomic mass is 32.2. The third kappa shape index (κ3) is 3.32. The van der Waals surface area contributed by atoms with Crippen molar-refractivity contribution >= 4 is 15.7 Å². The number of hydrogen-bond donors (Lipinski definition) is 0. The van der Waals surface area contributed by atoms with Crippen molar-refractivity contribution in [2.24, 2.45) is 0 Å². The van der Waals surface area contributed by atoms with E-state index >= 15 is 0 Å². The molecule has 7 heteroatoms. The van der Waals surface area contributed by atoms with E-state index in [0.717, 1.165) is 5.56 Å². The lowest BCUT2D eigenvalue weighted by Gasteiger charge is -2.11. The molecule has 3 rings (SSSR count). The summed E-state index contributed by atoms with van der Waals surface area (Å²) in [6.45, 7) is 1.88. The number of aromatic nitrogens is 1. The van der Waals surface area contributed by atoms with Crippen LogP contribution in [0.5, 0.6) is 0 Å². The summed E-state index contributed by atoms with van der Waals surface area (Å²) in [5.74, 6) is 0. The van der Waals surface area contributed by atoms with Crippen LogP contribution in [0.4, 0.5) is 5.69 Å². The van der Waals surface area contributed by atoms with Crippen LogP contribution in [0.15, 0.2) is 71.8 Å². The summed E-state index contributed by atoms with van der Waals surface area (Å²) < 4.78 is 26.9. The maximum atomic E-state index is 12.9. The maximum absolute atomic E-state index is 12.9. The molecule has 0 bridgehead atoms. The van der Waals surface area contributed by atoms with E-state index in [0.29, 0.717) is 11.3 Å². The highest BCUT2D eigenvalue weighted by Gasteiger charge is 2.21. The summed E-state index contributed by atoms with van der Waals surface area (Å²) in [7, 11) is -3.75. The van der Waals surface area contributed by atoms with Gasteiger partial charge in [-0.05, 0) is 31.2 Å². The summed E-state index contributed by atoms with van der Waals surface area (Å²) in [6, 6.07) is 16.2. The van der Waals surface area contributed by atoms with Gasteiger partial charge < -0.3 is 0 Å². The highest BCUT2D eigenvalue weighted by Crippen LogP contribution is 2.24. The van der Waals surface area contributed by atoms with Crippen molar-refractivity contribution in [1.29, 1.82) is 0 Å². The summed E-state index contributed by atoms with van der Waals surface area (Å²) in [4.78, 5) is 10.9. The van der Waals surface area contributed by atoms with Gasteiger partial charge in [0.25, 0.3) is 15.7 Å². The van der Waals surface area contributed by atoms with Crippen molar-refractivity contribution < 1.29 is 13.3 Å². The standard InChI is InChI=1S/C18H16N2O4S/c1-14-8-10-17(11-9-14)25(23,24)19-12-4-6-16(19)13-15-5-2-3-7-18(15)20(21)22/h2-12H,13H2,1H3. The van der Waals surface area contributed by atoms with E-state index in [1.807, 2.05) is 6.92 Å². The van der Waals surface area contributed by atoms with E-state index < -0.39 is 14.9 Å². The second-order valence-electron chi connectivity index (χ2n) is 5.68. The lowest BCUT2D eigenvalue weighted by Crippen LogP contribution is -2.15. The molecular weight excluding hydrogens is 340 g/mol. The molecule has 128 valence electrons. The van der Waals surface area contributed by atoms with Crippen LogP contribution in [0.25, 0.3) is 0 Å². The van der Waals surface area contributed by atoms with E-state index in [2.05, 4.69) is 0 Å². The second-order valence-corrected chi connectivity index (χ2v) is 7.49. The fourth-order valence-corrected chi connectivity index (χ4v) is 4.00. The average Bonchev–Trinajstić information content (AvgIpc) is 3.04. The maximum Gasteiger partial charge on any atom is 0.272 e. The van der Waals surface area contributed by atoms with Crippen LogP contribution in [0.3, 0.4) is 0 Å². The highest BCUT2D eigenvalue weighted by molar-refractivity contribution is 7.90. The molecule has 0 fully saturated rings. The van der Waals surface area contributed by atoms with Gasteiger partial charge in [0, 0.05) is 29.9 Å². The molecule has 0 aliphatic carbocycles. The smallest absolute Gasteiger partial charge is 0.258 e. The van der Waals surface area contributed by atoms with Crippen molar-refractivity contribution in [3.63, 3.8) is 0 Å². The van der Waals surface area contributed by atoms with Crippen LogP contribution < -0.4 is 0 Å². The molecule has 25 heavy (non-hydrogen) atoms. The molecule has 2 aromatic carbocycles. The summed E-state index contributed by atoms with van der Waals surface area (Å²) in [5, 5.41) is 11.2. The zero-order valence-electron chi connectivity index (χ0n) is 13.5. The molecular formula is C18H16N2O4S. The number of nitrogens with zero attached hydrogens (tertiary/aromatic N) is 2. The summed E-state index contributed by atoms with van der Waals surface area (Å²) in [5.41, 5.74) is 1.87. The van der Waals surface area contributed by atoms with Crippen molar-refractivity contribution in [2.75, 3.05) is 0 Å². The average molecular weight is 356 g/mol. The molecule has 6 nitrogen and oxygen atoms in total. The lowest BCUT2D eigenvalue weighted by molar-refractivity contribution is -0.385. The number of benzene rings is 2. The van der Waals surface area contributed by atoms with Crippen LogP contribution in [-0.2, 0) is 16.4 Å². The van der Waals surface area contributed by atoms with Gasteiger partial charge in [-0.2, -0.15) is 0 Å². The molecule has 0 radical (unpaired) electrons. The number of rotatable bonds is 5. The summed E-state index contributed by atoms with van der Waals surface area (Å²) >= 11 is 0. The molecule has 3 aromatic rings. The Morgan fingerprint density at radius 2 is 1.68 bits per heavy atom. The Balaban J connectivity index is 2.02. The van der Waals surface area contributed by atoms with Crippen molar-refractivity contribution in [2.45, 2.75) is 18.2 Å². The second kappa shape index (κ2) is 6.52. The number of hydrogen-bond acceptors (Lipinski definition) is 4. The quantitative estimate of drug-likeness (QED) is 0.517. The van der Waals surface area contributed by atoms with E-state index in [9.17, 15) is 18.5 Å². The van der Waals surface area contributed by atoms with Gasteiger partial charge in [-0.1, -0.05) is 35.9 Å². The fourth-order valence-electron chi connectivity index (χ4n) is 2.63. The van der Waals surface area contributed by atoms with Gasteiger partial charge in [0.2, 0.25) is 0 Å². The SMILES string of the molecule is Cc1ccc(S(=O)(=O)n2cccc2Cc2ccccc2[N+](=O)[O-])cc1. The van der Waals surface area contributed by atoms with Gasteiger partial charge in [0.1, 0.15) is 0 Å². The molecule has 0 amide bonds. The van der Waals surface area contributed by atoms with Gasteiger partial charge >= 0.3 is 0 Å². The minimum absolute atomic E-state index is 0.0250. The van der Waals surface area contributed by atoms with Crippen molar-refractivity contribution in [3.8, 4) is 0 Å². The lowest BCUT2D eigenvalue weighted by atomic mass is 10.1. The Bertz CT molecular complexity index is 1020. The molecule has 0 N–H and O–H groups in total. The zero-order chi connectivity index (χ0) is 18.0. The molecule has 0 unspecified atom stereocenters. The van der Waals surface area contributed by atoms with E-state index in [1.165, 1.54) is 16.2 Å².